The minimum absolute atomic E-state index is 0.389. The van der Waals surface area contributed by atoms with Gasteiger partial charge in [0.05, 0.1) is 12.7 Å². The van der Waals surface area contributed by atoms with Crippen LogP contribution in [-0.4, -0.2) is 24.3 Å². The Labute approximate surface area is 81.2 Å². The second kappa shape index (κ2) is 4.91. The summed E-state index contributed by atoms with van der Waals surface area (Å²) in [6.45, 7) is 0. The van der Waals surface area contributed by atoms with Gasteiger partial charge in [-0.2, -0.15) is 0 Å². The van der Waals surface area contributed by atoms with E-state index in [-0.39, 0.29) is 0 Å². The van der Waals surface area contributed by atoms with Crippen molar-refractivity contribution in [1.82, 2.24) is 4.98 Å². The Balaban J connectivity index is 3.08. The zero-order chi connectivity index (χ0) is 10.4. The number of carbonyl (C=O) groups excluding carboxylic acids is 2. The molecule has 0 aliphatic rings. The molecule has 1 rings (SSSR count). The highest BCUT2D eigenvalue weighted by atomic mass is 16.5. The van der Waals surface area contributed by atoms with Gasteiger partial charge in [0.2, 0.25) is 0 Å². The van der Waals surface area contributed by atoms with Crippen LogP contribution in [0.3, 0.4) is 0 Å². The number of hydrogen-bond acceptors (Lipinski definition) is 4. The summed E-state index contributed by atoms with van der Waals surface area (Å²) >= 11 is 0. The zero-order valence-corrected chi connectivity index (χ0v) is 7.64. The maximum atomic E-state index is 11.2. The minimum Gasteiger partial charge on any atom is -0.465 e. The molecule has 4 heteroatoms. The standard InChI is InChI=1S/C10H9NO3/c1-14-10(13)9-4-5-11-7-8(9)3-2-6-12/h2-7H,1H3. The highest BCUT2D eigenvalue weighted by molar-refractivity contribution is 5.94. The molecule has 0 atom stereocenters. The molecule has 0 saturated carbocycles. The summed E-state index contributed by atoms with van der Waals surface area (Å²) in [4.78, 5) is 25.2. The van der Waals surface area contributed by atoms with E-state index in [0.717, 1.165) is 0 Å². The Morgan fingerprint density at radius 1 is 1.57 bits per heavy atom. The average Bonchev–Trinajstić information content (AvgIpc) is 2.25. The minimum atomic E-state index is -0.446. The third-order valence-corrected chi connectivity index (χ3v) is 1.61. The SMILES string of the molecule is COC(=O)c1ccncc1C=CC=O. The Morgan fingerprint density at radius 3 is 3.00 bits per heavy atom. The van der Waals surface area contributed by atoms with Crippen molar-refractivity contribution in [2.45, 2.75) is 0 Å². The molecule has 0 N–H and O–H groups in total. The van der Waals surface area contributed by atoms with Crippen molar-refractivity contribution in [1.29, 1.82) is 0 Å². The number of nitrogens with zero attached hydrogens (tertiary/aromatic N) is 1. The maximum absolute atomic E-state index is 11.2. The summed E-state index contributed by atoms with van der Waals surface area (Å²) in [5.41, 5.74) is 0.951. The number of hydrogen-bond donors (Lipinski definition) is 0. The van der Waals surface area contributed by atoms with E-state index in [1.165, 1.54) is 37.7 Å². The van der Waals surface area contributed by atoms with E-state index in [9.17, 15) is 9.59 Å². The first-order chi connectivity index (χ1) is 6.79. The van der Waals surface area contributed by atoms with Gasteiger partial charge in [0.25, 0.3) is 0 Å². The topological polar surface area (TPSA) is 56.3 Å². The van der Waals surface area contributed by atoms with Crippen molar-refractivity contribution in [3.05, 3.63) is 35.7 Å². The molecule has 1 aromatic rings. The van der Waals surface area contributed by atoms with Gasteiger partial charge in [-0.1, -0.05) is 0 Å². The predicted molar refractivity (Wildman–Crippen MR) is 50.7 cm³/mol. The predicted octanol–water partition coefficient (Wildman–Crippen LogP) is 1.08. The van der Waals surface area contributed by atoms with Gasteiger partial charge >= 0.3 is 5.97 Å². The highest BCUT2D eigenvalue weighted by Crippen LogP contribution is 2.09. The molecule has 0 saturated heterocycles. The normalized spacial score (nSPS) is 10.1. The van der Waals surface area contributed by atoms with Crippen LogP contribution in [-0.2, 0) is 9.53 Å². The van der Waals surface area contributed by atoms with Crippen LogP contribution in [0.4, 0.5) is 0 Å². The van der Waals surface area contributed by atoms with Crippen molar-refractivity contribution < 1.29 is 14.3 Å². The average molecular weight is 191 g/mol. The zero-order valence-electron chi connectivity index (χ0n) is 7.64. The molecular weight excluding hydrogens is 182 g/mol. The molecule has 0 amide bonds. The molecule has 0 radical (unpaired) electrons. The molecule has 0 spiro atoms. The molecule has 0 unspecified atom stereocenters. The van der Waals surface area contributed by atoms with Crippen molar-refractivity contribution >= 4 is 18.3 Å². The van der Waals surface area contributed by atoms with Crippen molar-refractivity contribution in [2.75, 3.05) is 7.11 Å². The fourth-order valence-electron chi connectivity index (χ4n) is 0.978. The molecule has 0 fully saturated rings. The van der Waals surface area contributed by atoms with E-state index in [1.54, 1.807) is 0 Å². The fraction of sp³-hybridized carbons (Fsp3) is 0.100. The summed E-state index contributed by atoms with van der Waals surface area (Å²) in [5.74, 6) is -0.446. The fourth-order valence-corrected chi connectivity index (χ4v) is 0.978. The molecule has 0 aliphatic heterocycles. The molecule has 1 aromatic heterocycles. The first kappa shape index (κ1) is 10.1. The molecule has 14 heavy (non-hydrogen) atoms. The Morgan fingerprint density at radius 2 is 2.36 bits per heavy atom. The molecule has 1 heterocycles. The van der Waals surface area contributed by atoms with Crippen LogP contribution in [0.2, 0.25) is 0 Å². The number of carbonyl (C=O) groups is 2. The first-order valence-corrected chi connectivity index (χ1v) is 3.93. The van der Waals surface area contributed by atoms with E-state index in [0.29, 0.717) is 17.4 Å². The van der Waals surface area contributed by atoms with E-state index in [1.807, 2.05) is 0 Å². The number of aromatic nitrogens is 1. The first-order valence-electron chi connectivity index (χ1n) is 3.93. The molecule has 0 aromatic carbocycles. The molecule has 4 nitrogen and oxygen atoms in total. The molecule has 0 aliphatic carbocycles. The number of esters is 1. The number of allylic oxidation sites excluding steroid dienone is 1. The smallest absolute Gasteiger partial charge is 0.338 e. The lowest BCUT2D eigenvalue weighted by molar-refractivity contribution is -0.104. The van der Waals surface area contributed by atoms with Crippen molar-refractivity contribution in [3.8, 4) is 0 Å². The van der Waals surface area contributed by atoms with E-state index in [4.69, 9.17) is 0 Å². The van der Waals surface area contributed by atoms with Crippen molar-refractivity contribution in [2.24, 2.45) is 0 Å². The van der Waals surface area contributed by atoms with Gasteiger partial charge in [-0.05, 0) is 18.2 Å². The lowest BCUT2D eigenvalue weighted by atomic mass is 10.1. The summed E-state index contributed by atoms with van der Waals surface area (Å²) in [6.07, 6.45) is 6.42. The van der Waals surface area contributed by atoms with Crippen LogP contribution in [0.5, 0.6) is 0 Å². The lowest BCUT2D eigenvalue weighted by Crippen LogP contribution is -2.03. The van der Waals surface area contributed by atoms with E-state index in [2.05, 4.69) is 9.72 Å². The van der Waals surface area contributed by atoms with Crippen LogP contribution in [0.15, 0.2) is 24.5 Å². The van der Waals surface area contributed by atoms with Crippen LogP contribution >= 0.6 is 0 Å². The molecule has 72 valence electrons. The number of aldehydes is 1. The van der Waals surface area contributed by atoms with E-state index >= 15 is 0 Å². The van der Waals surface area contributed by atoms with Gasteiger partial charge in [0, 0.05) is 18.0 Å². The quantitative estimate of drug-likeness (QED) is 0.407. The van der Waals surface area contributed by atoms with Crippen LogP contribution in [0.1, 0.15) is 15.9 Å². The number of ether oxygens (including phenoxy) is 1. The lowest BCUT2D eigenvalue weighted by Gasteiger charge is -2.01. The highest BCUT2D eigenvalue weighted by Gasteiger charge is 2.08. The maximum Gasteiger partial charge on any atom is 0.338 e. The third-order valence-electron chi connectivity index (χ3n) is 1.61. The Kier molecular flexibility index (Phi) is 3.55. The second-order valence-corrected chi connectivity index (χ2v) is 2.45. The van der Waals surface area contributed by atoms with Gasteiger partial charge in [0.15, 0.2) is 0 Å². The van der Waals surface area contributed by atoms with Gasteiger partial charge in [-0.25, -0.2) is 4.79 Å². The Bertz CT molecular complexity index is 371. The number of pyridine rings is 1. The van der Waals surface area contributed by atoms with Crippen LogP contribution in [0.25, 0.3) is 6.08 Å². The monoisotopic (exact) mass is 191 g/mol. The third kappa shape index (κ3) is 2.26. The molecular formula is C10H9NO3. The molecule has 0 bridgehead atoms. The van der Waals surface area contributed by atoms with Crippen molar-refractivity contribution in [3.63, 3.8) is 0 Å². The summed E-state index contributed by atoms with van der Waals surface area (Å²) < 4.78 is 4.57. The van der Waals surface area contributed by atoms with Gasteiger partial charge in [-0.15, -0.1) is 0 Å². The largest absolute Gasteiger partial charge is 0.465 e. The second-order valence-electron chi connectivity index (χ2n) is 2.45. The van der Waals surface area contributed by atoms with Gasteiger partial charge in [-0.3, -0.25) is 9.78 Å². The van der Waals surface area contributed by atoms with Crippen LogP contribution < -0.4 is 0 Å². The van der Waals surface area contributed by atoms with E-state index < -0.39 is 5.97 Å². The number of rotatable bonds is 3. The summed E-state index contributed by atoms with van der Waals surface area (Å²) in [5, 5.41) is 0. The van der Waals surface area contributed by atoms with Gasteiger partial charge < -0.3 is 4.74 Å². The number of methoxy groups -OCH3 is 1. The summed E-state index contributed by atoms with van der Waals surface area (Å²) in [7, 11) is 1.30. The Hall–Kier alpha value is -1.97. The summed E-state index contributed by atoms with van der Waals surface area (Å²) in [6, 6.07) is 1.54. The van der Waals surface area contributed by atoms with Gasteiger partial charge in [0.1, 0.15) is 6.29 Å². The van der Waals surface area contributed by atoms with Crippen LogP contribution in [0, 0.1) is 0 Å².